The SMILES string of the molecule is COC[C@@H](OC)C(=O)O[C@H](CC[C@H](C)[C@H](C[C@@H]1OC(=O)C[C@@H](O)C/C=C/C(=O)[C@H](C)[C@H](OC)c2coc(n2)-c2coc(n2)-c2coc(n2)C=CC[C@H](OC)[C@H]1C)OC)[C@H](C)[C@H](OC(C)=O)[C@H](C)/C=C/N(C)C=O. The second kappa shape index (κ2) is 29.8. The number of oxazole rings is 3. The summed E-state index contributed by atoms with van der Waals surface area (Å²) in [5.41, 5.74) is 0.950. The highest BCUT2D eigenvalue weighted by molar-refractivity contribution is 5.92. The van der Waals surface area contributed by atoms with Gasteiger partial charge in [-0.1, -0.05) is 52.8 Å². The Bertz CT molecular complexity index is 2290. The first-order valence-electron chi connectivity index (χ1n) is 24.3. The minimum Gasteiger partial charge on any atom is -0.462 e. The van der Waals surface area contributed by atoms with Gasteiger partial charge in [0.25, 0.3) is 0 Å². The van der Waals surface area contributed by atoms with Crippen LogP contribution < -0.4 is 0 Å². The predicted octanol–water partition coefficient (Wildman–Crippen LogP) is 6.75. The fourth-order valence-corrected chi connectivity index (χ4v) is 8.59. The fraction of sp³-hybridized carbons (Fsp3) is 0.615. The minimum absolute atomic E-state index is 0.0242. The molecule has 0 aromatic carbocycles. The van der Waals surface area contributed by atoms with Crippen molar-refractivity contribution in [3.8, 4) is 23.2 Å². The molecule has 4 heterocycles. The molecule has 0 unspecified atom stereocenters. The number of carbonyl (C=O) groups is 5. The number of allylic oxidation sites excluding steroid dienone is 1. The van der Waals surface area contributed by atoms with Crippen molar-refractivity contribution in [2.45, 2.75) is 129 Å². The maximum Gasteiger partial charge on any atom is 0.337 e. The lowest BCUT2D eigenvalue weighted by molar-refractivity contribution is -0.173. The summed E-state index contributed by atoms with van der Waals surface area (Å²) >= 11 is 0. The van der Waals surface area contributed by atoms with Crippen molar-refractivity contribution in [2.24, 2.45) is 29.6 Å². The number of aliphatic hydroxyl groups excluding tert-OH is 1. The third-order valence-electron chi connectivity index (χ3n) is 13.1. The van der Waals surface area contributed by atoms with Crippen molar-refractivity contribution in [2.75, 3.05) is 49.2 Å². The number of rotatable bonds is 21. The fourth-order valence-electron chi connectivity index (χ4n) is 8.59. The zero-order valence-corrected chi connectivity index (χ0v) is 44.0. The number of hydrogen-bond acceptors (Lipinski definition) is 20. The third-order valence-corrected chi connectivity index (χ3v) is 13.1. The lowest BCUT2D eigenvalue weighted by Crippen LogP contribution is -2.42. The highest BCUT2D eigenvalue weighted by Crippen LogP contribution is 2.33. The number of nitrogens with zero attached hydrogens (tertiary/aromatic N) is 4. The van der Waals surface area contributed by atoms with E-state index in [9.17, 15) is 29.1 Å². The van der Waals surface area contributed by atoms with Gasteiger partial charge in [-0.25, -0.2) is 19.7 Å². The monoisotopic (exact) mass is 1030 g/mol. The molecule has 0 radical (unpaired) electrons. The Kier molecular flexibility index (Phi) is 24.3. The van der Waals surface area contributed by atoms with Crippen LogP contribution in [0.2, 0.25) is 0 Å². The lowest BCUT2D eigenvalue weighted by atomic mass is 9.83. The molecule has 4 rings (SSSR count). The standard InChI is InChI=1S/C52H74N4O17/c1-30(19-20-42(73-52(62)45(66-11)28-63-8)34(5)48(71-35(6)58)31(2)21-22-56(7)29-57)43(65-10)24-44-33(4)41(64-9)17-14-18-46-53-38(26-68-46)50-55-39(27-70-50)51-54-37(25-69-51)49(67-12)32(3)40(60)16-13-15-36(59)23-47(61)72-44/h13-14,16,18,21-22,25-27,29-34,36,41-45,48-49,59H,15,17,19-20,23-24,28H2,1-12H3/b16-13+,18-14?,22-21+/t30-,31+,32-,33+,34-,36-,41-,42+,43-,44-,45+,48+,49-/m0/s1. The van der Waals surface area contributed by atoms with Crippen molar-refractivity contribution >= 4 is 36.2 Å². The Morgan fingerprint density at radius 2 is 1.55 bits per heavy atom. The number of aliphatic hydroxyl groups is 1. The molecule has 0 aliphatic carbocycles. The molecular weight excluding hydrogens is 953 g/mol. The second-order valence-electron chi connectivity index (χ2n) is 18.5. The zero-order valence-electron chi connectivity index (χ0n) is 44.0. The lowest BCUT2D eigenvalue weighted by Gasteiger charge is -2.35. The van der Waals surface area contributed by atoms with E-state index in [-0.39, 0.29) is 60.9 Å². The van der Waals surface area contributed by atoms with E-state index < -0.39 is 90.4 Å². The summed E-state index contributed by atoms with van der Waals surface area (Å²) in [6, 6.07) is 0. The summed E-state index contributed by atoms with van der Waals surface area (Å²) in [6.07, 6.45) is 8.87. The summed E-state index contributed by atoms with van der Waals surface area (Å²) in [6.45, 7) is 10.4. The van der Waals surface area contributed by atoms with Crippen molar-refractivity contribution in [3.05, 3.63) is 60.9 Å². The van der Waals surface area contributed by atoms with Gasteiger partial charge in [0.15, 0.2) is 23.3 Å². The molecule has 73 heavy (non-hydrogen) atoms. The molecule has 6 bridgehead atoms. The molecule has 404 valence electrons. The van der Waals surface area contributed by atoms with Crippen molar-refractivity contribution in [3.63, 3.8) is 0 Å². The third kappa shape index (κ3) is 17.7. The van der Waals surface area contributed by atoms with Crippen molar-refractivity contribution in [1.82, 2.24) is 19.9 Å². The number of amides is 1. The Labute approximate surface area is 426 Å². The Morgan fingerprint density at radius 3 is 2.21 bits per heavy atom. The molecular formula is C52H74N4O17. The summed E-state index contributed by atoms with van der Waals surface area (Å²) in [7, 11) is 8.95. The van der Waals surface area contributed by atoms with Crippen LogP contribution in [0, 0.1) is 29.6 Å². The van der Waals surface area contributed by atoms with E-state index in [0.29, 0.717) is 37.1 Å². The largest absolute Gasteiger partial charge is 0.462 e. The number of fused-ring (bicyclic) bond motifs is 8. The van der Waals surface area contributed by atoms with E-state index >= 15 is 0 Å². The van der Waals surface area contributed by atoms with E-state index in [1.54, 1.807) is 46.5 Å². The van der Waals surface area contributed by atoms with Crippen LogP contribution in [0.25, 0.3) is 29.2 Å². The van der Waals surface area contributed by atoms with Crippen LogP contribution in [0.1, 0.15) is 97.8 Å². The number of ketones is 1. The summed E-state index contributed by atoms with van der Waals surface area (Å²) in [5.74, 6) is -3.99. The van der Waals surface area contributed by atoms with Gasteiger partial charge in [-0.15, -0.1) is 0 Å². The van der Waals surface area contributed by atoms with Gasteiger partial charge in [-0.3, -0.25) is 19.2 Å². The second-order valence-corrected chi connectivity index (χ2v) is 18.5. The zero-order chi connectivity index (χ0) is 53.8. The molecule has 0 saturated heterocycles. The number of ether oxygens (including phenoxy) is 8. The minimum atomic E-state index is -1.19. The molecule has 1 aliphatic rings. The highest BCUT2D eigenvalue weighted by atomic mass is 16.6. The van der Waals surface area contributed by atoms with Crippen LogP contribution in [-0.2, 0) is 61.9 Å². The van der Waals surface area contributed by atoms with Gasteiger partial charge in [0.05, 0.1) is 37.3 Å². The molecule has 13 atom stereocenters. The molecule has 3 aromatic heterocycles. The maximum absolute atomic E-state index is 13.7. The molecule has 1 N–H and O–H groups in total. The molecule has 3 aromatic rings. The molecule has 21 nitrogen and oxygen atoms in total. The predicted molar refractivity (Wildman–Crippen MR) is 263 cm³/mol. The topological polar surface area (TPSA) is 261 Å². The van der Waals surface area contributed by atoms with Crippen LogP contribution >= 0.6 is 0 Å². The van der Waals surface area contributed by atoms with Gasteiger partial charge in [0.2, 0.25) is 24.1 Å². The maximum atomic E-state index is 13.7. The van der Waals surface area contributed by atoms with Crippen molar-refractivity contribution < 1.29 is 80.2 Å². The van der Waals surface area contributed by atoms with Crippen LogP contribution in [0.4, 0.5) is 0 Å². The Morgan fingerprint density at radius 1 is 0.863 bits per heavy atom. The van der Waals surface area contributed by atoms with E-state index in [1.165, 1.54) is 64.1 Å². The average molecular weight is 1030 g/mol. The van der Waals surface area contributed by atoms with Crippen LogP contribution in [-0.4, -0.2) is 147 Å². The van der Waals surface area contributed by atoms with Crippen molar-refractivity contribution in [1.29, 1.82) is 0 Å². The summed E-state index contributed by atoms with van der Waals surface area (Å²) in [4.78, 5) is 79.2. The highest BCUT2D eigenvalue weighted by Gasteiger charge is 2.38. The van der Waals surface area contributed by atoms with E-state index in [0.717, 1.165) is 0 Å². The van der Waals surface area contributed by atoms with Crippen LogP contribution in [0.3, 0.4) is 0 Å². The molecule has 0 fully saturated rings. The van der Waals surface area contributed by atoms with Gasteiger partial charge in [-0.2, -0.15) is 0 Å². The van der Waals surface area contributed by atoms with Crippen LogP contribution in [0.5, 0.6) is 0 Å². The number of aromatic nitrogens is 3. The molecule has 21 heteroatoms. The van der Waals surface area contributed by atoms with Gasteiger partial charge >= 0.3 is 17.9 Å². The number of cyclic esters (lactones) is 1. The normalized spacial score (nSPS) is 23.7. The van der Waals surface area contributed by atoms with E-state index in [1.807, 2.05) is 33.8 Å². The number of hydrogen-bond donors (Lipinski definition) is 1. The van der Waals surface area contributed by atoms with E-state index in [4.69, 9.17) is 51.1 Å². The summed E-state index contributed by atoms with van der Waals surface area (Å²) < 4.78 is 63.6. The molecule has 0 saturated carbocycles. The molecule has 0 spiro atoms. The first kappa shape index (κ1) is 59.7. The molecule has 1 aliphatic heterocycles. The van der Waals surface area contributed by atoms with Gasteiger partial charge in [-0.05, 0) is 43.8 Å². The Balaban J connectivity index is 1.63. The average Bonchev–Trinajstić information content (AvgIpc) is 4.17. The van der Waals surface area contributed by atoms with Gasteiger partial charge in [0.1, 0.15) is 48.9 Å². The first-order chi connectivity index (χ1) is 34.9. The Hall–Kier alpha value is -5.84. The molecule has 1 amide bonds. The first-order valence-corrected chi connectivity index (χ1v) is 24.3. The number of methoxy groups -OCH3 is 5. The quantitative estimate of drug-likeness (QED) is 0.0657. The van der Waals surface area contributed by atoms with Gasteiger partial charge in [0, 0.05) is 79.9 Å². The number of carbonyl (C=O) groups excluding carboxylic acids is 5. The van der Waals surface area contributed by atoms with E-state index in [2.05, 4.69) is 15.0 Å². The summed E-state index contributed by atoms with van der Waals surface area (Å²) in [5, 5.41) is 11.0. The van der Waals surface area contributed by atoms with Gasteiger partial charge < -0.3 is 61.2 Å². The van der Waals surface area contributed by atoms with Crippen LogP contribution in [0.15, 0.2) is 62.5 Å². The number of esters is 3. The smallest absolute Gasteiger partial charge is 0.337 e.